The molecule has 47 heavy (non-hydrogen) atoms. The molecule has 4 N–H and O–H groups in total. The Labute approximate surface area is 287 Å². The van der Waals surface area contributed by atoms with Crippen LogP contribution in [0.5, 0.6) is 0 Å². The summed E-state index contributed by atoms with van der Waals surface area (Å²) < 4.78 is 27.0. The van der Waals surface area contributed by atoms with Crippen LogP contribution in [-0.4, -0.2) is 62.6 Å². The van der Waals surface area contributed by atoms with Gasteiger partial charge in [0, 0.05) is 26.0 Å². The van der Waals surface area contributed by atoms with Gasteiger partial charge in [-0.2, -0.15) is 0 Å². The lowest BCUT2D eigenvalue weighted by Gasteiger charge is -2.31. The first kappa shape index (κ1) is 50.4. The first-order chi connectivity index (χ1) is 20.6. The van der Waals surface area contributed by atoms with E-state index >= 15 is 0 Å². The number of nitrogens with zero attached hydrogens (tertiary/aromatic N) is 2. The van der Waals surface area contributed by atoms with Crippen molar-refractivity contribution in [3.8, 4) is 0 Å². The lowest BCUT2D eigenvalue weighted by Crippen LogP contribution is -2.44. The van der Waals surface area contributed by atoms with E-state index in [0.717, 1.165) is 15.6 Å². The average molecular weight is 735 g/mol. The number of rotatable bonds is 4. The van der Waals surface area contributed by atoms with Crippen molar-refractivity contribution in [2.45, 2.75) is 105 Å². The Bertz CT molecular complexity index is 1190. The largest absolute Gasteiger partial charge is 0.444 e. The number of halogens is 4. The summed E-state index contributed by atoms with van der Waals surface area (Å²) in [5, 5.41) is 23.3. The number of carbonyl (C=O) groups excluding carboxylic acids is 2. The highest BCUT2D eigenvalue weighted by molar-refractivity contribution is 9.10. The van der Waals surface area contributed by atoms with Gasteiger partial charge in [0.1, 0.15) is 30.7 Å². The number of carbonyl (C=O) groups is 2. The minimum atomic E-state index is -1.01. The van der Waals surface area contributed by atoms with Gasteiger partial charge in [-0.3, -0.25) is 15.3 Å². The van der Waals surface area contributed by atoms with Crippen molar-refractivity contribution >= 4 is 53.2 Å². The highest BCUT2D eigenvalue weighted by Gasteiger charge is 2.32. The normalized spacial score (nSPS) is 10.5. The maximum absolute atomic E-state index is 11.5. The number of anilines is 2. The van der Waals surface area contributed by atoms with Gasteiger partial charge in [0.05, 0.1) is 11.2 Å². The van der Waals surface area contributed by atoms with Gasteiger partial charge in [-0.25, -0.2) is 19.6 Å². The van der Waals surface area contributed by atoms with E-state index in [0.29, 0.717) is 17.1 Å². The van der Waals surface area contributed by atoms with Crippen LogP contribution in [0.1, 0.15) is 88.6 Å². The minimum absolute atomic E-state index is 0. The van der Waals surface area contributed by atoms with E-state index in [-0.39, 0.29) is 4.70 Å². The Balaban J connectivity index is -0.000000281. The summed E-state index contributed by atoms with van der Waals surface area (Å²) in [6, 6.07) is 7.05. The van der Waals surface area contributed by atoms with Crippen LogP contribution >= 0.6 is 15.9 Å². The molecule has 0 saturated carbocycles. The molecule has 2 rings (SSSR count). The van der Waals surface area contributed by atoms with Crippen molar-refractivity contribution in [2.75, 3.05) is 10.6 Å². The van der Waals surface area contributed by atoms with Gasteiger partial charge in [0.2, 0.25) is 0 Å². The van der Waals surface area contributed by atoms with Crippen LogP contribution in [0.3, 0.4) is 0 Å². The molecular weight excluding hydrogens is 684 g/mol. The quantitative estimate of drug-likeness (QED) is 0.228. The molecule has 10 nitrogen and oxygen atoms in total. The summed E-state index contributed by atoms with van der Waals surface area (Å²) in [6.45, 7) is 28.0. The Hall–Kier alpha value is -3.43. The van der Waals surface area contributed by atoms with Gasteiger partial charge in [0.15, 0.2) is 0 Å². The lowest BCUT2D eigenvalue weighted by molar-refractivity contribution is -0.107. The van der Waals surface area contributed by atoms with Crippen LogP contribution in [0.4, 0.5) is 35.1 Å². The van der Waals surface area contributed by atoms with Crippen molar-refractivity contribution in [1.29, 1.82) is 0 Å². The van der Waals surface area contributed by atoms with Gasteiger partial charge >= 0.3 is 12.2 Å². The number of aliphatic hydroxyl groups is 2. The second-order valence-electron chi connectivity index (χ2n) is 12.8. The Kier molecular flexibility index (Phi) is 24.7. The second kappa shape index (κ2) is 23.0. The van der Waals surface area contributed by atoms with Crippen LogP contribution in [0.15, 0.2) is 59.8 Å². The van der Waals surface area contributed by atoms with Gasteiger partial charge in [-0.1, -0.05) is 13.5 Å². The molecule has 0 fully saturated rings. The van der Waals surface area contributed by atoms with Crippen LogP contribution < -0.4 is 10.6 Å². The highest BCUT2D eigenvalue weighted by atomic mass is 79.9. The molecule has 2 amide bonds. The zero-order chi connectivity index (χ0) is 37.1. The molecule has 15 heteroatoms. The molecule has 0 aliphatic rings. The molecule has 0 spiro atoms. The van der Waals surface area contributed by atoms with E-state index in [1.165, 1.54) is 0 Å². The number of nitrogens with one attached hydrogen (secondary N) is 2. The third-order valence-electron chi connectivity index (χ3n) is 4.74. The van der Waals surface area contributed by atoms with E-state index in [1.54, 1.807) is 65.2 Å². The summed E-state index contributed by atoms with van der Waals surface area (Å²) in [5.74, 6) is 0.928. The van der Waals surface area contributed by atoms with Crippen molar-refractivity contribution in [3.63, 3.8) is 0 Å². The molecule has 0 aliphatic carbocycles. The molecule has 0 unspecified atom stereocenters. The predicted octanol–water partition coefficient (Wildman–Crippen LogP) is 8.86. The summed E-state index contributed by atoms with van der Waals surface area (Å²) in [7, 11) is 4.92. The fraction of sp³-hybridized carbons (Fsp3) is 0.500. The first-order valence-corrected chi connectivity index (χ1v) is 14.7. The highest BCUT2D eigenvalue weighted by Crippen LogP contribution is 2.19. The molecule has 0 aromatic carbocycles. The van der Waals surface area contributed by atoms with Gasteiger partial charge in [0.25, 0.3) is 0 Å². The van der Waals surface area contributed by atoms with Crippen molar-refractivity contribution < 1.29 is 43.1 Å². The predicted molar refractivity (Wildman–Crippen MR) is 188 cm³/mol. The number of pyridine rings is 2. The van der Waals surface area contributed by atoms with Crippen molar-refractivity contribution in [1.82, 2.24) is 9.97 Å². The van der Waals surface area contributed by atoms with E-state index < -0.39 is 34.6 Å². The minimum Gasteiger partial charge on any atom is -0.444 e. The first-order valence-electron chi connectivity index (χ1n) is 13.9. The van der Waals surface area contributed by atoms with Gasteiger partial charge in [-0.05, 0) is 127 Å². The molecule has 0 saturated heterocycles. The molecule has 2 aromatic heterocycles. The summed E-state index contributed by atoms with van der Waals surface area (Å²) in [4.78, 5) is 30.9. The SMILES string of the molecule is C=C(C)c1ccc(NC(=O)OC(C)(C)C)nc1.CC(C)(C)OC(=O)Nc1ccc(Br)cn1.CC(C)(O)C(C)(C)O.F.FF.[B]C(=C)C. The number of hydrogen-bond donors (Lipinski definition) is 4. The zero-order valence-electron chi connectivity index (χ0n) is 29.4. The molecule has 0 aliphatic heterocycles. The van der Waals surface area contributed by atoms with Crippen LogP contribution in [0, 0.1) is 0 Å². The summed E-state index contributed by atoms with van der Waals surface area (Å²) in [5.41, 5.74) is -0.484. The fourth-order valence-electron chi connectivity index (χ4n) is 1.99. The smallest absolute Gasteiger partial charge is 0.413 e. The third-order valence-corrected chi connectivity index (χ3v) is 5.21. The maximum Gasteiger partial charge on any atom is 0.413 e. The van der Waals surface area contributed by atoms with Crippen LogP contribution in [0.2, 0.25) is 0 Å². The lowest BCUT2D eigenvalue weighted by atomic mass is 9.90. The zero-order valence-corrected chi connectivity index (χ0v) is 31.0. The summed E-state index contributed by atoms with van der Waals surface area (Å²) in [6.07, 6.45) is 2.26. The Morgan fingerprint density at radius 2 is 1.09 bits per heavy atom. The number of allylic oxidation sites excluding steroid dienone is 2. The molecule has 2 radical (unpaired) electrons. The maximum atomic E-state index is 11.5. The van der Waals surface area contributed by atoms with Gasteiger partial charge < -0.3 is 19.7 Å². The Morgan fingerprint density at radius 3 is 1.30 bits per heavy atom. The number of aromatic nitrogens is 2. The summed E-state index contributed by atoms with van der Waals surface area (Å²) >= 11 is 3.25. The molecule has 0 bridgehead atoms. The van der Waals surface area contributed by atoms with E-state index in [4.69, 9.17) is 36.7 Å². The topological polar surface area (TPSA) is 143 Å². The third kappa shape index (κ3) is 31.0. The van der Waals surface area contributed by atoms with Crippen molar-refractivity contribution in [3.05, 3.63) is 65.3 Å². The van der Waals surface area contributed by atoms with Crippen LogP contribution in [0.25, 0.3) is 5.57 Å². The molecule has 2 aromatic rings. The molecular formula is C32H51BBrF3N4O6. The fourth-order valence-corrected chi connectivity index (χ4v) is 2.22. The average Bonchev–Trinajstić information content (AvgIpc) is 2.84. The number of ether oxygens (including phenoxy) is 2. The molecule has 266 valence electrons. The number of amides is 2. The molecule has 0 atom stereocenters. The molecule has 2 heterocycles. The number of hydrogen-bond acceptors (Lipinski definition) is 8. The second-order valence-corrected chi connectivity index (χ2v) is 13.7. The van der Waals surface area contributed by atoms with E-state index in [9.17, 15) is 9.59 Å². The van der Waals surface area contributed by atoms with E-state index in [1.807, 2.05) is 54.5 Å². The van der Waals surface area contributed by atoms with Crippen molar-refractivity contribution in [2.24, 2.45) is 0 Å². The standard InChI is InChI=1S/C13H18N2O2.C10H13BrN2O2.C6H14O2.C3H5B.F2.FH/c1-9(2)10-6-7-11(14-8-10)15-12(16)17-13(3,4)5;1-10(2,3)15-9(14)13-8-5-4-7(11)6-12-8;1-5(2,7)6(3,4)8;1-3(2)4;1-2;/h6-8H,1H2,2-5H3,(H,14,15,16);4-6H,1-3H3,(H,12,13,14);7-8H,1-4H3;1H2,2H3;;1H. The van der Waals surface area contributed by atoms with Crippen LogP contribution in [-0.2, 0) is 9.47 Å². The monoisotopic (exact) mass is 734 g/mol. The van der Waals surface area contributed by atoms with E-state index in [2.05, 4.69) is 49.7 Å². The van der Waals surface area contributed by atoms with Gasteiger partial charge in [-0.15, -0.1) is 12.1 Å². The Morgan fingerprint density at radius 1 is 0.766 bits per heavy atom.